The first-order valence-corrected chi connectivity index (χ1v) is 7.70. The maximum Gasteiger partial charge on any atom is 0.0399 e. The van der Waals surface area contributed by atoms with Crippen molar-refractivity contribution in [1.82, 2.24) is 0 Å². The highest BCUT2D eigenvalue weighted by molar-refractivity contribution is 5.55. The van der Waals surface area contributed by atoms with Gasteiger partial charge < -0.3 is 10.6 Å². The molecule has 1 heterocycles. The van der Waals surface area contributed by atoms with E-state index in [-0.39, 0.29) is 6.04 Å². The number of nitrogens with two attached hydrogens (primary N) is 1. The normalized spacial score (nSPS) is 18.6. The van der Waals surface area contributed by atoms with Crippen molar-refractivity contribution in [2.75, 3.05) is 18.0 Å². The van der Waals surface area contributed by atoms with E-state index in [1.54, 1.807) is 0 Å². The first kappa shape index (κ1) is 14.4. The standard InChI is InChI=1S/C17H28N2/c1-4-15-7-9-19(10-8-15)17-6-5-13(2)11-16(17)12-14(3)18/h5-6,11,14-15H,4,7-10,12,18H2,1-3H3. The SMILES string of the molecule is CCC1CCN(c2ccc(C)cc2CC(C)N)CC1. The van der Waals surface area contributed by atoms with Gasteiger partial charge in [0.05, 0.1) is 0 Å². The van der Waals surface area contributed by atoms with Gasteiger partial charge in [0.1, 0.15) is 0 Å². The number of aryl methyl sites for hydroxylation is 1. The zero-order chi connectivity index (χ0) is 13.8. The highest BCUT2D eigenvalue weighted by atomic mass is 15.1. The highest BCUT2D eigenvalue weighted by Crippen LogP contribution is 2.29. The molecule has 0 aromatic heterocycles. The van der Waals surface area contributed by atoms with Crippen LogP contribution in [-0.2, 0) is 6.42 Å². The number of hydrogen-bond acceptors (Lipinski definition) is 2. The van der Waals surface area contributed by atoms with Crippen molar-refractivity contribution in [2.45, 2.75) is 52.5 Å². The van der Waals surface area contributed by atoms with Gasteiger partial charge in [0.15, 0.2) is 0 Å². The molecule has 0 amide bonds. The van der Waals surface area contributed by atoms with Gasteiger partial charge in [-0.1, -0.05) is 31.0 Å². The van der Waals surface area contributed by atoms with E-state index in [4.69, 9.17) is 5.73 Å². The minimum Gasteiger partial charge on any atom is -0.371 e. The molecule has 19 heavy (non-hydrogen) atoms. The lowest BCUT2D eigenvalue weighted by molar-refractivity contribution is 0.394. The Morgan fingerprint density at radius 3 is 2.58 bits per heavy atom. The maximum atomic E-state index is 6.00. The molecule has 0 radical (unpaired) electrons. The average Bonchev–Trinajstić information content (AvgIpc) is 2.38. The summed E-state index contributed by atoms with van der Waals surface area (Å²) in [4.78, 5) is 2.56. The topological polar surface area (TPSA) is 29.3 Å². The van der Waals surface area contributed by atoms with Crippen LogP contribution in [0.4, 0.5) is 5.69 Å². The van der Waals surface area contributed by atoms with Crippen LogP contribution in [0.5, 0.6) is 0 Å². The van der Waals surface area contributed by atoms with Crippen LogP contribution < -0.4 is 10.6 Å². The quantitative estimate of drug-likeness (QED) is 0.897. The predicted octanol–water partition coefficient (Wildman–Crippen LogP) is 3.51. The minimum atomic E-state index is 0.230. The molecule has 0 saturated carbocycles. The van der Waals surface area contributed by atoms with Gasteiger partial charge in [0.2, 0.25) is 0 Å². The van der Waals surface area contributed by atoms with Crippen molar-refractivity contribution in [2.24, 2.45) is 11.7 Å². The zero-order valence-corrected chi connectivity index (χ0v) is 12.7. The molecule has 1 saturated heterocycles. The van der Waals surface area contributed by atoms with Gasteiger partial charge in [-0.25, -0.2) is 0 Å². The van der Waals surface area contributed by atoms with Crippen molar-refractivity contribution >= 4 is 5.69 Å². The van der Waals surface area contributed by atoms with E-state index in [1.807, 2.05) is 0 Å². The summed E-state index contributed by atoms with van der Waals surface area (Å²) >= 11 is 0. The van der Waals surface area contributed by atoms with Crippen LogP contribution in [0.2, 0.25) is 0 Å². The lowest BCUT2D eigenvalue weighted by atomic mass is 9.93. The van der Waals surface area contributed by atoms with Crippen LogP contribution >= 0.6 is 0 Å². The molecule has 1 atom stereocenters. The first-order chi connectivity index (χ1) is 9.10. The van der Waals surface area contributed by atoms with Crippen LogP contribution in [0.15, 0.2) is 18.2 Å². The molecule has 1 aliphatic rings. The minimum absolute atomic E-state index is 0.230. The molecule has 2 rings (SSSR count). The Kier molecular flexibility index (Phi) is 4.87. The summed E-state index contributed by atoms with van der Waals surface area (Å²) in [5.74, 6) is 0.929. The summed E-state index contributed by atoms with van der Waals surface area (Å²) < 4.78 is 0. The molecule has 1 aromatic rings. The third kappa shape index (κ3) is 3.73. The van der Waals surface area contributed by atoms with E-state index in [2.05, 4.69) is 43.9 Å². The third-order valence-corrected chi connectivity index (χ3v) is 4.31. The number of anilines is 1. The van der Waals surface area contributed by atoms with Gasteiger partial charge in [0, 0.05) is 24.8 Å². The lowest BCUT2D eigenvalue weighted by Gasteiger charge is -2.35. The second-order valence-electron chi connectivity index (χ2n) is 6.15. The molecule has 0 spiro atoms. The van der Waals surface area contributed by atoms with Gasteiger partial charge >= 0.3 is 0 Å². The predicted molar refractivity (Wildman–Crippen MR) is 83.8 cm³/mol. The fourth-order valence-corrected chi connectivity index (χ4v) is 3.12. The second-order valence-corrected chi connectivity index (χ2v) is 6.15. The summed E-state index contributed by atoms with van der Waals surface area (Å²) in [6.07, 6.45) is 4.98. The molecule has 2 N–H and O–H groups in total. The third-order valence-electron chi connectivity index (χ3n) is 4.31. The molecular formula is C17H28N2. The number of piperidine rings is 1. The second kappa shape index (κ2) is 6.42. The Morgan fingerprint density at radius 2 is 2.00 bits per heavy atom. The van der Waals surface area contributed by atoms with Crippen molar-refractivity contribution < 1.29 is 0 Å². The monoisotopic (exact) mass is 260 g/mol. The van der Waals surface area contributed by atoms with Crippen LogP contribution in [0, 0.1) is 12.8 Å². The Hall–Kier alpha value is -1.02. The molecule has 0 bridgehead atoms. The van der Waals surface area contributed by atoms with Gasteiger partial charge in [-0.2, -0.15) is 0 Å². The number of benzene rings is 1. The molecule has 1 aliphatic heterocycles. The molecule has 0 aliphatic carbocycles. The Balaban J connectivity index is 2.15. The van der Waals surface area contributed by atoms with Crippen molar-refractivity contribution in [3.8, 4) is 0 Å². The summed E-state index contributed by atoms with van der Waals surface area (Å²) in [7, 11) is 0. The van der Waals surface area contributed by atoms with E-state index < -0.39 is 0 Å². The van der Waals surface area contributed by atoms with E-state index in [0.717, 1.165) is 12.3 Å². The number of nitrogens with zero attached hydrogens (tertiary/aromatic N) is 1. The Bertz CT molecular complexity index is 404. The smallest absolute Gasteiger partial charge is 0.0399 e. The van der Waals surface area contributed by atoms with Gasteiger partial charge in [-0.15, -0.1) is 0 Å². The molecule has 2 heteroatoms. The largest absolute Gasteiger partial charge is 0.371 e. The van der Waals surface area contributed by atoms with Crippen LogP contribution in [-0.4, -0.2) is 19.1 Å². The molecule has 1 aromatic carbocycles. The van der Waals surface area contributed by atoms with E-state index in [0.29, 0.717) is 0 Å². The van der Waals surface area contributed by atoms with Gasteiger partial charge in [-0.05, 0) is 50.7 Å². The van der Waals surface area contributed by atoms with E-state index in [1.165, 1.54) is 49.2 Å². The number of hydrogen-bond donors (Lipinski definition) is 1. The number of rotatable bonds is 4. The highest BCUT2D eigenvalue weighted by Gasteiger charge is 2.20. The Morgan fingerprint density at radius 1 is 1.32 bits per heavy atom. The summed E-state index contributed by atoms with van der Waals surface area (Å²) in [6.45, 7) is 8.97. The van der Waals surface area contributed by atoms with Crippen LogP contribution in [0.1, 0.15) is 44.2 Å². The maximum absolute atomic E-state index is 6.00. The first-order valence-electron chi connectivity index (χ1n) is 7.70. The van der Waals surface area contributed by atoms with E-state index >= 15 is 0 Å². The van der Waals surface area contributed by atoms with Crippen molar-refractivity contribution in [1.29, 1.82) is 0 Å². The molecule has 1 unspecified atom stereocenters. The molecule has 1 fully saturated rings. The van der Waals surface area contributed by atoms with E-state index in [9.17, 15) is 0 Å². The fourth-order valence-electron chi connectivity index (χ4n) is 3.12. The lowest BCUT2D eigenvalue weighted by Crippen LogP contribution is -2.34. The average molecular weight is 260 g/mol. The molecule has 2 nitrogen and oxygen atoms in total. The Labute approximate surface area is 118 Å². The molecular weight excluding hydrogens is 232 g/mol. The summed E-state index contributed by atoms with van der Waals surface area (Å²) in [5.41, 5.74) is 10.2. The summed E-state index contributed by atoms with van der Waals surface area (Å²) in [6, 6.07) is 7.06. The fraction of sp³-hybridized carbons (Fsp3) is 0.647. The van der Waals surface area contributed by atoms with Crippen molar-refractivity contribution in [3.05, 3.63) is 29.3 Å². The zero-order valence-electron chi connectivity index (χ0n) is 12.7. The van der Waals surface area contributed by atoms with Gasteiger partial charge in [0.25, 0.3) is 0 Å². The molecule has 106 valence electrons. The van der Waals surface area contributed by atoms with Crippen LogP contribution in [0.25, 0.3) is 0 Å². The summed E-state index contributed by atoms with van der Waals surface area (Å²) in [5, 5.41) is 0. The van der Waals surface area contributed by atoms with Crippen molar-refractivity contribution in [3.63, 3.8) is 0 Å². The van der Waals surface area contributed by atoms with Crippen LogP contribution in [0.3, 0.4) is 0 Å². The van der Waals surface area contributed by atoms with Gasteiger partial charge in [-0.3, -0.25) is 0 Å².